The van der Waals surface area contributed by atoms with Crippen molar-refractivity contribution in [1.82, 2.24) is 19.9 Å². The van der Waals surface area contributed by atoms with Crippen LogP contribution in [0.1, 0.15) is 36.0 Å². The van der Waals surface area contributed by atoms with E-state index in [9.17, 15) is 13.2 Å². The molecule has 1 spiro atoms. The van der Waals surface area contributed by atoms with E-state index in [0.29, 0.717) is 29.2 Å². The van der Waals surface area contributed by atoms with E-state index in [0.717, 1.165) is 62.2 Å². The van der Waals surface area contributed by atoms with E-state index in [2.05, 4.69) is 24.8 Å². The number of hydrogen-bond acceptors (Lipinski definition) is 7. The number of nitrogens with zero attached hydrogens (tertiary/aromatic N) is 5. The number of sulfone groups is 1. The Morgan fingerprint density at radius 2 is 1.82 bits per heavy atom. The molecule has 0 unspecified atom stereocenters. The van der Waals surface area contributed by atoms with Gasteiger partial charge < -0.3 is 19.7 Å². The van der Waals surface area contributed by atoms with Crippen molar-refractivity contribution in [2.45, 2.75) is 36.1 Å². The number of fused-ring (bicyclic) bond motifs is 1. The van der Waals surface area contributed by atoms with Crippen molar-refractivity contribution in [3.8, 4) is 0 Å². The van der Waals surface area contributed by atoms with Crippen LogP contribution in [0.4, 0.5) is 11.5 Å². The molecule has 0 radical (unpaired) electrons. The third-order valence-electron chi connectivity index (χ3n) is 7.41. The predicted molar refractivity (Wildman–Crippen MR) is 130 cm³/mol. The fourth-order valence-electron chi connectivity index (χ4n) is 5.48. The van der Waals surface area contributed by atoms with Crippen molar-refractivity contribution in [2.24, 2.45) is 0 Å². The van der Waals surface area contributed by atoms with E-state index in [1.54, 1.807) is 24.5 Å². The molecular weight excluding hydrogens is 452 g/mol. The monoisotopic (exact) mass is 480 g/mol. The molecule has 3 aromatic rings. The van der Waals surface area contributed by atoms with Gasteiger partial charge in [-0.25, -0.2) is 18.4 Å². The van der Waals surface area contributed by atoms with Crippen LogP contribution in [0.2, 0.25) is 0 Å². The molecule has 0 bridgehead atoms. The standard InChI is InChI=1S/C24H28N6O3S/c1-34(32,33)20-5-4-17(14-19(20)28-10-2-3-11-28)23(31)30-13-12-29(15-24(30)7-8-24)22-18-6-9-25-21(18)26-16-27-22/h4-6,9,14,16H,2-3,7-8,10-13,15H2,1H3,(H,25,26,27). The van der Waals surface area contributed by atoms with Gasteiger partial charge in [-0.15, -0.1) is 0 Å². The van der Waals surface area contributed by atoms with Crippen LogP contribution in [0.25, 0.3) is 11.0 Å². The molecule has 3 aliphatic rings. The van der Waals surface area contributed by atoms with Gasteiger partial charge >= 0.3 is 0 Å². The quantitative estimate of drug-likeness (QED) is 0.612. The summed E-state index contributed by atoms with van der Waals surface area (Å²) in [6, 6.07) is 7.06. The van der Waals surface area contributed by atoms with Gasteiger partial charge in [-0.05, 0) is 49.9 Å². The van der Waals surface area contributed by atoms with Gasteiger partial charge in [0.25, 0.3) is 5.91 Å². The molecule has 2 saturated heterocycles. The lowest BCUT2D eigenvalue weighted by Crippen LogP contribution is -2.57. The van der Waals surface area contributed by atoms with Crippen LogP contribution in [-0.4, -0.2) is 78.7 Å². The molecule has 1 aromatic carbocycles. The normalized spacial score (nSPS) is 19.9. The van der Waals surface area contributed by atoms with Gasteiger partial charge in [0.15, 0.2) is 9.84 Å². The van der Waals surface area contributed by atoms with Crippen molar-refractivity contribution in [3.63, 3.8) is 0 Å². The number of amides is 1. The summed E-state index contributed by atoms with van der Waals surface area (Å²) in [7, 11) is -3.39. The molecule has 1 amide bonds. The SMILES string of the molecule is CS(=O)(=O)c1ccc(C(=O)N2CCN(c3ncnc4[nH]ccc34)CC23CC3)cc1N1CCCC1. The van der Waals surface area contributed by atoms with Gasteiger partial charge in [0.2, 0.25) is 0 Å². The number of aromatic amines is 1. The van der Waals surface area contributed by atoms with Crippen LogP contribution < -0.4 is 9.80 Å². The van der Waals surface area contributed by atoms with Crippen LogP contribution in [0.15, 0.2) is 41.7 Å². The minimum absolute atomic E-state index is 0.0212. The molecule has 6 rings (SSSR count). The van der Waals surface area contributed by atoms with Crippen LogP contribution in [0.5, 0.6) is 0 Å². The molecule has 3 fully saturated rings. The minimum Gasteiger partial charge on any atom is -0.370 e. The average molecular weight is 481 g/mol. The number of H-pyrrole nitrogens is 1. The highest BCUT2D eigenvalue weighted by Crippen LogP contribution is 2.46. The summed E-state index contributed by atoms with van der Waals surface area (Å²) in [4.78, 5) is 32.3. The highest BCUT2D eigenvalue weighted by Gasteiger charge is 2.53. The van der Waals surface area contributed by atoms with Crippen LogP contribution in [0.3, 0.4) is 0 Å². The van der Waals surface area contributed by atoms with E-state index in [1.807, 2.05) is 17.2 Å². The molecule has 178 valence electrons. The molecule has 1 saturated carbocycles. The molecule has 10 heteroatoms. The Hall–Kier alpha value is -3.14. The lowest BCUT2D eigenvalue weighted by molar-refractivity contribution is 0.0624. The molecule has 2 aromatic heterocycles. The third-order valence-corrected chi connectivity index (χ3v) is 8.55. The number of hydrogen-bond donors (Lipinski definition) is 1. The second-order valence-corrected chi connectivity index (χ2v) is 11.7. The fourth-order valence-corrected chi connectivity index (χ4v) is 6.37. The average Bonchev–Trinajstić information content (AvgIpc) is 3.23. The van der Waals surface area contributed by atoms with Gasteiger partial charge in [0.05, 0.1) is 21.5 Å². The number of aromatic nitrogens is 3. The van der Waals surface area contributed by atoms with Crippen molar-refractivity contribution in [2.75, 3.05) is 48.8 Å². The van der Waals surface area contributed by atoms with Crippen LogP contribution in [0, 0.1) is 0 Å². The fraction of sp³-hybridized carbons (Fsp3) is 0.458. The second kappa shape index (κ2) is 7.69. The Morgan fingerprint density at radius 3 is 2.56 bits per heavy atom. The third kappa shape index (κ3) is 3.51. The first kappa shape index (κ1) is 21.4. The molecule has 1 aliphatic carbocycles. The van der Waals surface area contributed by atoms with E-state index >= 15 is 0 Å². The molecular formula is C24H28N6O3S. The molecule has 9 nitrogen and oxygen atoms in total. The Bertz CT molecular complexity index is 1370. The van der Waals surface area contributed by atoms with Crippen LogP contribution in [-0.2, 0) is 9.84 Å². The number of nitrogens with one attached hydrogen (secondary N) is 1. The summed E-state index contributed by atoms with van der Waals surface area (Å²) in [6.45, 7) is 3.65. The first-order valence-electron chi connectivity index (χ1n) is 11.8. The summed E-state index contributed by atoms with van der Waals surface area (Å²) in [5.74, 6) is 0.880. The number of benzene rings is 1. The Labute approximate surface area is 198 Å². The van der Waals surface area contributed by atoms with Crippen molar-refractivity contribution >= 4 is 38.3 Å². The Kier molecular flexibility index (Phi) is 4.84. The minimum atomic E-state index is -3.39. The first-order valence-corrected chi connectivity index (χ1v) is 13.7. The maximum absolute atomic E-state index is 13.7. The smallest absolute Gasteiger partial charge is 0.254 e. The summed E-state index contributed by atoms with van der Waals surface area (Å²) < 4.78 is 24.8. The van der Waals surface area contributed by atoms with E-state index in [-0.39, 0.29) is 11.4 Å². The number of rotatable bonds is 4. The summed E-state index contributed by atoms with van der Waals surface area (Å²) >= 11 is 0. The lowest BCUT2D eigenvalue weighted by atomic mass is 10.1. The molecule has 34 heavy (non-hydrogen) atoms. The number of anilines is 2. The largest absolute Gasteiger partial charge is 0.370 e. The van der Waals surface area contributed by atoms with Gasteiger partial charge in [0.1, 0.15) is 17.8 Å². The number of carbonyl (C=O) groups is 1. The molecule has 2 aliphatic heterocycles. The van der Waals surface area contributed by atoms with Gasteiger partial charge in [-0.2, -0.15) is 0 Å². The summed E-state index contributed by atoms with van der Waals surface area (Å²) in [6.07, 6.45) is 8.65. The van der Waals surface area contributed by atoms with Crippen LogP contribution >= 0.6 is 0 Å². The van der Waals surface area contributed by atoms with Gasteiger partial charge in [-0.1, -0.05) is 0 Å². The number of piperazine rings is 1. The van der Waals surface area contributed by atoms with Crippen molar-refractivity contribution in [1.29, 1.82) is 0 Å². The summed E-state index contributed by atoms with van der Waals surface area (Å²) in [5.41, 5.74) is 1.83. The highest BCUT2D eigenvalue weighted by atomic mass is 32.2. The zero-order valence-electron chi connectivity index (χ0n) is 19.2. The van der Waals surface area contributed by atoms with E-state index < -0.39 is 9.84 Å². The first-order chi connectivity index (χ1) is 16.4. The highest BCUT2D eigenvalue weighted by molar-refractivity contribution is 7.90. The molecule has 1 N–H and O–H groups in total. The molecule has 0 atom stereocenters. The maximum atomic E-state index is 13.7. The van der Waals surface area contributed by atoms with Gasteiger partial charge in [-0.3, -0.25) is 4.79 Å². The zero-order valence-corrected chi connectivity index (χ0v) is 20.0. The van der Waals surface area contributed by atoms with Crippen molar-refractivity contribution < 1.29 is 13.2 Å². The number of carbonyl (C=O) groups excluding carboxylic acids is 1. The molecule has 4 heterocycles. The second-order valence-electron chi connectivity index (χ2n) is 9.69. The predicted octanol–water partition coefficient (Wildman–Crippen LogP) is 2.46. The summed E-state index contributed by atoms with van der Waals surface area (Å²) in [5, 5.41) is 0.990. The van der Waals surface area contributed by atoms with Gasteiger partial charge in [0, 0.05) is 50.7 Å². The lowest BCUT2D eigenvalue weighted by Gasteiger charge is -2.43. The topological polar surface area (TPSA) is 103 Å². The maximum Gasteiger partial charge on any atom is 0.254 e. The Balaban J connectivity index is 1.29. The zero-order chi connectivity index (χ0) is 23.5. The Morgan fingerprint density at radius 1 is 1.03 bits per heavy atom. The van der Waals surface area contributed by atoms with E-state index in [4.69, 9.17) is 0 Å². The van der Waals surface area contributed by atoms with E-state index in [1.165, 1.54) is 6.26 Å². The van der Waals surface area contributed by atoms with Crippen molar-refractivity contribution in [3.05, 3.63) is 42.4 Å².